The van der Waals surface area contributed by atoms with Gasteiger partial charge >= 0.3 is 6.18 Å². The first kappa shape index (κ1) is 19.3. The van der Waals surface area contributed by atoms with Crippen molar-refractivity contribution in [3.63, 3.8) is 0 Å². The second-order valence-electron chi connectivity index (χ2n) is 4.75. The molecule has 0 saturated carbocycles. The van der Waals surface area contributed by atoms with E-state index in [1.54, 1.807) is 24.3 Å². The Morgan fingerprint density at radius 1 is 1.39 bits per heavy atom. The van der Waals surface area contributed by atoms with E-state index in [9.17, 15) is 18.0 Å². The lowest BCUT2D eigenvalue weighted by molar-refractivity contribution is -0.161. The van der Waals surface area contributed by atoms with Crippen LogP contribution in [0.4, 0.5) is 13.2 Å². The van der Waals surface area contributed by atoms with Gasteiger partial charge in [0, 0.05) is 17.4 Å². The van der Waals surface area contributed by atoms with Crippen LogP contribution in [-0.2, 0) is 4.79 Å². The van der Waals surface area contributed by atoms with Gasteiger partial charge in [-0.3, -0.25) is 4.79 Å². The Morgan fingerprint density at radius 2 is 2.13 bits per heavy atom. The van der Waals surface area contributed by atoms with Crippen LogP contribution < -0.4 is 4.74 Å². The number of halogens is 4. The molecule has 0 aromatic heterocycles. The number of nitriles is 1. The summed E-state index contributed by atoms with van der Waals surface area (Å²) < 4.78 is 43.6. The van der Waals surface area contributed by atoms with Crippen molar-refractivity contribution in [1.29, 1.82) is 5.26 Å². The van der Waals surface area contributed by atoms with Gasteiger partial charge in [-0.25, -0.2) is 0 Å². The van der Waals surface area contributed by atoms with Crippen LogP contribution in [-0.4, -0.2) is 36.7 Å². The Labute approximate surface area is 141 Å². The normalized spacial score (nSPS) is 10.9. The highest BCUT2D eigenvalue weighted by atomic mass is 79.9. The van der Waals surface area contributed by atoms with Crippen LogP contribution in [0.5, 0.6) is 5.75 Å². The van der Waals surface area contributed by atoms with Crippen LogP contribution in [0.2, 0.25) is 0 Å². The van der Waals surface area contributed by atoms with Gasteiger partial charge in [0.15, 0.2) is 0 Å². The Kier molecular flexibility index (Phi) is 7.89. The summed E-state index contributed by atoms with van der Waals surface area (Å²) in [5, 5.41) is 8.46. The van der Waals surface area contributed by atoms with Crippen molar-refractivity contribution in [2.75, 3.05) is 19.7 Å². The van der Waals surface area contributed by atoms with Crippen molar-refractivity contribution in [2.24, 2.45) is 0 Å². The monoisotopic (exact) mass is 392 g/mol. The summed E-state index contributed by atoms with van der Waals surface area (Å²) in [4.78, 5) is 12.5. The van der Waals surface area contributed by atoms with Gasteiger partial charge in [-0.15, -0.1) is 0 Å². The van der Waals surface area contributed by atoms with Gasteiger partial charge in [0.2, 0.25) is 5.91 Å². The fourth-order valence-corrected chi connectivity index (χ4v) is 2.20. The largest absolute Gasteiger partial charge is 0.494 e. The minimum Gasteiger partial charge on any atom is -0.494 e. The third kappa shape index (κ3) is 8.45. The summed E-state index contributed by atoms with van der Waals surface area (Å²) in [5.41, 5.74) is 0. The molecule has 0 radical (unpaired) electrons. The van der Waals surface area contributed by atoms with E-state index in [1.165, 1.54) is 0 Å². The Bertz CT molecular complexity index is 558. The maximum atomic E-state index is 12.4. The average Bonchev–Trinajstić information content (AvgIpc) is 2.46. The summed E-state index contributed by atoms with van der Waals surface area (Å²) in [6.07, 6.45) is -4.37. The molecule has 8 heteroatoms. The first-order chi connectivity index (χ1) is 10.8. The minimum absolute atomic E-state index is 0.0600. The van der Waals surface area contributed by atoms with Crippen molar-refractivity contribution in [2.45, 2.75) is 25.4 Å². The fraction of sp³-hybridized carbons (Fsp3) is 0.467. The summed E-state index contributed by atoms with van der Waals surface area (Å²) >= 11 is 3.29. The zero-order valence-electron chi connectivity index (χ0n) is 12.3. The maximum Gasteiger partial charge on any atom is 0.406 e. The Hall–Kier alpha value is -1.75. The summed E-state index contributed by atoms with van der Waals surface area (Å²) in [7, 11) is 0. The van der Waals surface area contributed by atoms with Gasteiger partial charge in [0.1, 0.15) is 12.3 Å². The molecule has 0 fully saturated rings. The number of carbonyl (C=O) groups is 1. The van der Waals surface area contributed by atoms with Gasteiger partial charge in [0.05, 0.1) is 19.1 Å². The average molecular weight is 393 g/mol. The zero-order chi connectivity index (χ0) is 17.3. The third-order valence-corrected chi connectivity index (χ3v) is 3.31. The Morgan fingerprint density at radius 3 is 2.74 bits per heavy atom. The van der Waals surface area contributed by atoms with Crippen LogP contribution in [0.15, 0.2) is 28.7 Å². The van der Waals surface area contributed by atoms with Gasteiger partial charge < -0.3 is 9.64 Å². The van der Waals surface area contributed by atoms with Crippen molar-refractivity contribution < 1.29 is 22.7 Å². The van der Waals surface area contributed by atoms with Crippen LogP contribution in [0.1, 0.15) is 19.3 Å². The summed E-state index contributed by atoms with van der Waals surface area (Å²) in [6.45, 7) is -1.33. The molecule has 0 aliphatic heterocycles. The summed E-state index contributed by atoms with van der Waals surface area (Å²) in [6, 6.07) is 8.87. The zero-order valence-corrected chi connectivity index (χ0v) is 13.9. The number of hydrogen-bond acceptors (Lipinski definition) is 3. The predicted molar refractivity (Wildman–Crippen MR) is 81.7 cm³/mol. The molecule has 23 heavy (non-hydrogen) atoms. The van der Waals surface area contributed by atoms with E-state index in [0.717, 1.165) is 4.47 Å². The molecule has 0 aliphatic carbocycles. The number of amides is 1. The molecule has 0 aliphatic rings. The molecule has 4 nitrogen and oxygen atoms in total. The van der Waals surface area contributed by atoms with Gasteiger partial charge in [-0.05, 0) is 24.6 Å². The molecule has 126 valence electrons. The molecule has 0 heterocycles. The lowest BCUT2D eigenvalue weighted by atomic mass is 10.2. The summed E-state index contributed by atoms with van der Waals surface area (Å²) in [5.74, 6) is -0.0149. The highest BCUT2D eigenvalue weighted by molar-refractivity contribution is 9.10. The van der Waals surface area contributed by atoms with E-state index in [4.69, 9.17) is 10.00 Å². The second kappa shape index (κ2) is 9.40. The SMILES string of the molecule is N#CCCN(CC(F)(F)F)C(=O)CCCOc1cccc(Br)c1. The number of hydrogen-bond donors (Lipinski definition) is 0. The number of ether oxygens (including phenoxy) is 1. The first-order valence-corrected chi connectivity index (χ1v) is 7.71. The third-order valence-electron chi connectivity index (χ3n) is 2.82. The second-order valence-corrected chi connectivity index (χ2v) is 5.66. The molecule has 1 amide bonds. The number of carbonyl (C=O) groups excluding carboxylic acids is 1. The van der Waals surface area contributed by atoms with Crippen molar-refractivity contribution in [3.05, 3.63) is 28.7 Å². The van der Waals surface area contributed by atoms with E-state index >= 15 is 0 Å². The van der Waals surface area contributed by atoms with Crippen LogP contribution in [0.25, 0.3) is 0 Å². The molecule has 0 bridgehead atoms. The lowest BCUT2D eigenvalue weighted by Crippen LogP contribution is -2.39. The highest BCUT2D eigenvalue weighted by Gasteiger charge is 2.32. The van der Waals surface area contributed by atoms with Crippen molar-refractivity contribution in [3.8, 4) is 11.8 Å². The molecule has 0 saturated heterocycles. The number of alkyl halides is 3. The standard InChI is InChI=1S/C15H16BrF3N2O2/c16-12-4-1-5-13(10-12)23-9-2-6-14(22)21(8-3-7-20)11-15(17,18)19/h1,4-5,10H,2-3,6,8-9,11H2. The van der Waals surface area contributed by atoms with Gasteiger partial charge in [0.25, 0.3) is 0 Å². The molecular weight excluding hydrogens is 377 g/mol. The fourth-order valence-electron chi connectivity index (χ4n) is 1.82. The molecule has 1 aromatic rings. The van der Waals surface area contributed by atoms with E-state index in [1.807, 2.05) is 6.07 Å². The maximum absolute atomic E-state index is 12.4. The van der Waals surface area contributed by atoms with Crippen LogP contribution in [0.3, 0.4) is 0 Å². The molecule has 1 aromatic carbocycles. The Balaban J connectivity index is 2.41. The lowest BCUT2D eigenvalue weighted by Gasteiger charge is -2.23. The number of benzene rings is 1. The topological polar surface area (TPSA) is 53.3 Å². The molecular formula is C15H16BrF3N2O2. The number of rotatable bonds is 8. The molecule has 0 unspecified atom stereocenters. The van der Waals surface area contributed by atoms with Gasteiger partial charge in [-0.1, -0.05) is 22.0 Å². The quantitative estimate of drug-likeness (QED) is 0.630. The van der Waals surface area contributed by atoms with E-state index in [0.29, 0.717) is 17.1 Å². The van der Waals surface area contributed by atoms with E-state index in [2.05, 4.69) is 15.9 Å². The number of nitrogens with zero attached hydrogens (tertiary/aromatic N) is 2. The smallest absolute Gasteiger partial charge is 0.406 e. The van der Waals surface area contributed by atoms with Crippen molar-refractivity contribution >= 4 is 21.8 Å². The molecule has 0 atom stereocenters. The van der Waals surface area contributed by atoms with E-state index < -0.39 is 18.6 Å². The molecule has 0 spiro atoms. The first-order valence-electron chi connectivity index (χ1n) is 6.91. The molecule has 1 rings (SSSR count). The minimum atomic E-state index is -4.47. The van der Waals surface area contributed by atoms with Crippen molar-refractivity contribution in [1.82, 2.24) is 4.90 Å². The highest BCUT2D eigenvalue weighted by Crippen LogP contribution is 2.19. The molecule has 0 N–H and O–H groups in total. The van der Waals surface area contributed by atoms with Gasteiger partial charge in [-0.2, -0.15) is 18.4 Å². The van der Waals surface area contributed by atoms with Crippen LogP contribution >= 0.6 is 15.9 Å². The van der Waals surface area contributed by atoms with E-state index in [-0.39, 0.29) is 26.0 Å². The predicted octanol–water partition coefficient (Wildman–Crippen LogP) is 3.91. The van der Waals surface area contributed by atoms with Crippen LogP contribution in [0, 0.1) is 11.3 Å².